The fraction of sp³-hybridized carbons (Fsp3) is 0.333. The number of anilines is 1. The average molecular weight is 233 g/mol. The highest BCUT2D eigenvalue weighted by molar-refractivity contribution is 7.09. The molecule has 84 valence electrons. The maximum Gasteiger partial charge on any atom is 0.0898 e. The molecule has 0 saturated heterocycles. The molecule has 0 radical (unpaired) electrons. The topological polar surface area (TPSA) is 29.0 Å². The SMILES string of the molecule is Cc1cc(N(C)Cc2csc(C)n2)ccn1. The van der Waals surface area contributed by atoms with E-state index in [0.717, 1.165) is 22.9 Å². The number of thiazole rings is 1. The minimum absolute atomic E-state index is 0.841. The Hall–Kier alpha value is -1.42. The second-order valence-electron chi connectivity index (χ2n) is 3.87. The molecule has 0 aliphatic carbocycles. The number of rotatable bonds is 3. The van der Waals surface area contributed by atoms with Gasteiger partial charge in [0.2, 0.25) is 0 Å². The molecule has 4 heteroatoms. The highest BCUT2D eigenvalue weighted by atomic mass is 32.1. The van der Waals surface area contributed by atoms with Crippen LogP contribution in [0.15, 0.2) is 23.7 Å². The quantitative estimate of drug-likeness (QED) is 0.816. The summed E-state index contributed by atoms with van der Waals surface area (Å²) in [5.74, 6) is 0. The van der Waals surface area contributed by atoms with E-state index in [1.54, 1.807) is 11.3 Å². The molecule has 0 fully saturated rings. The molecule has 3 nitrogen and oxygen atoms in total. The van der Waals surface area contributed by atoms with Gasteiger partial charge in [-0.25, -0.2) is 4.98 Å². The van der Waals surface area contributed by atoms with Gasteiger partial charge in [-0.05, 0) is 26.0 Å². The first-order chi connectivity index (χ1) is 7.65. The zero-order valence-corrected chi connectivity index (χ0v) is 10.6. The number of nitrogens with zero attached hydrogens (tertiary/aromatic N) is 3. The predicted molar refractivity (Wildman–Crippen MR) is 67.9 cm³/mol. The van der Waals surface area contributed by atoms with E-state index < -0.39 is 0 Å². The van der Waals surface area contributed by atoms with Crippen molar-refractivity contribution in [2.75, 3.05) is 11.9 Å². The van der Waals surface area contributed by atoms with Crippen LogP contribution in [0.1, 0.15) is 16.4 Å². The van der Waals surface area contributed by atoms with Crippen LogP contribution in [0.2, 0.25) is 0 Å². The van der Waals surface area contributed by atoms with E-state index in [9.17, 15) is 0 Å². The molecule has 0 bridgehead atoms. The zero-order valence-electron chi connectivity index (χ0n) is 9.77. The van der Waals surface area contributed by atoms with Crippen LogP contribution < -0.4 is 4.90 Å². The summed E-state index contributed by atoms with van der Waals surface area (Å²) in [6, 6.07) is 4.10. The molecule has 0 spiro atoms. The molecule has 0 unspecified atom stereocenters. The molecule has 0 amide bonds. The lowest BCUT2D eigenvalue weighted by Crippen LogP contribution is -2.16. The third-order valence-corrected chi connectivity index (χ3v) is 3.21. The zero-order chi connectivity index (χ0) is 11.5. The fourth-order valence-electron chi connectivity index (χ4n) is 1.58. The van der Waals surface area contributed by atoms with Crippen LogP contribution in [0, 0.1) is 13.8 Å². The van der Waals surface area contributed by atoms with Gasteiger partial charge in [0.25, 0.3) is 0 Å². The summed E-state index contributed by atoms with van der Waals surface area (Å²) in [6.07, 6.45) is 1.84. The van der Waals surface area contributed by atoms with E-state index in [1.165, 1.54) is 5.69 Å². The van der Waals surface area contributed by atoms with Crippen LogP contribution in [0.5, 0.6) is 0 Å². The van der Waals surface area contributed by atoms with Gasteiger partial charge < -0.3 is 4.90 Å². The number of pyridine rings is 1. The molecule has 0 saturated carbocycles. The number of aryl methyl sites for hydroxylation is 2. The van der Waals surface area contributed by atoms with Crippen molar-refractivity contribution in [3.63, 3.8) is 0 Å². The second-order valence-corrected chi connectivity index (χ2v) is 4.93. The van der Waals surface area contributed by atoms with Gasteiger partial charge in [-0.1, -0.05) is 0 Å². The standard InChI is InChI=1S/C12H15N3S/c1-9-6-12(4-5-13-9)15(3)7-11-8-16-10(2)14-11/h4-6,8H,7H2,1-3H3. The van der Waals surface area contributed by atoms with Crippen LogP contribution in [0.25, 0.3) is 0 Å². The number of hydrogen-bond acceptors (Lipinski definition) is 4. The molecule has 2 heterocycles. The molecule has 0 aliphatic rings. The minimum Gasteiger partial charge on any atom is -0.369 e. The summed E-state index contributed by atoms with van der Waals surface area (Å²) in [7, 11) is 2.07. The monoisotopic (exact) mass is 233 g/mol. The Kier molecular flexibility index (Phi) is 3.19. The maximum absolute atomic E-state index is 4.46. The molecular formula is C12H15N3S. The van der Waals surface area contributed by atoms with Crippen LogP contribution >= 0.6 is 11.3 Å². The second kappa shape index (κ2) is 4.61. The summed E-state index contributed by atoms with van der Waals surface area (Å²) in [4.78, 5) is 10.8. The van der Waals surface area contributed by atoms with Gasteiger partial charge in [0.05, 0.1) is 17.2 Å². The molecule has 16 heavy (non-hydrogen) atoms. The minimum atomic E-state index is 0.841. The van der Waals surface area contributed by atoms with E-state index in [4.69, 9.17) is 0 Å². The Morgan fingerprint density at radius 2 is 2.19 bits per heavy atom. The highest BCUT2D eigenvalue weighted by Crippen LogP contribution is 2.16. The van der Waals surface area contributed by atoms with Gasteiger partial charge >= 0.3 is 0 Å². The lowest BCUT2D eigenvalue weighted by Gasteiger charge is -2.18. The Morgan fingerprint density at radius 3 is 2.81 bits per heavy atom. The molecule has 2 aromatic heterocycles. The lowest BCUT2D eigenvalue weighted by atomic mass is 10.3. The summed E-state index contributed by atoms with van der Waals surface area (Å²) in [5.41, 5.74) is 3.34. The molecule has 2 rings (SSSR count). The lowest BCUT2D eigenvalue weighted by molar-refractivity contribution is 0.887. The first-order valence-electron chi connectivity index (χ1n) is 5.20. The molecule has 0 aliphatic heterocycles. The van der Waals surface area contributed by atoms with Crippen molar-refractivity contribution in [3.05, 3.63) is 40.1 Å². The summed E-state index contributed by atoms with van der Waals surface area (Å²) in [6.45, 7) is 4.88. The van der Waals surface area contributed by atoms with E-state index >= 15 is 0 Å². The van der Waals surface area contributed by atoms with Gasteiger partial charge in [-0.3, -0.25) is 4.98 Å². The van der Waals surface area contributed by atoms with Crippen molar-refractivity contribution in [2.45, 2.75) is 20.4 Å². The molecule has 2 aromatic rings. The van der Waals surface area contributed by atoms with E-state index in [0.29, 0.717) is 0 Å². The third kappa shape index (κ3) is 2.58. The molecule has 0 atom stereocenters. The molecule has 0 N–H and O–H groups in total. The average Bonchev–Trinajstić information content (AvgIpc) is 2.64. The van der Waals surface area contributed by atoms with Gasteiger partial charge in [0.1, 0.15) is 0 Å². The summed E-state index contributed by atoms with van der Waals surface area (Å²) < 4.78 is 0. The van der Waals surface area contributed by atoms with E-state index in [-0.39, 0.29) is 0 Å². The van der Waals surface area contributed by atoms with Gasteiger partial charge in [0.15, 0.2) is 0 Å². The first-order valence-corrected chi connectivity index (χ1v) is 6.08. The Balaban J connectivity index is 2.11. The fourth-order valence-corrected chi connectivity index (χ4v) is 2.19. The maximum atomic E-state index is 4.46. The number of hydrogen-bond donors (Lipinski definition) is 0. The van der Waals surface area contributed by atoms with Gasteiger partial charge in [-0.15, -0.1) is 11.3 Å². The largest absolute Gasteiger partial charge is 0.369 e. The van der Waals surface area contributed by atoms with Crippen LogP contribution in [-0.4, -0.2) is 17.0 Å². The molecular weight excluding hydrogens is 218 g/mol. The van der Waals surface area contributed by atoms with Crippen molar-refractivity contribution in [1.82, 2.24) is 9.97 Å². The van der Waals surface area contributed by atoms with Crippen molar-refractivity contribution >= 4 is 17.0 Å². The summed E-state index contributed by atoms with van der Waals surface area (Å²) >= 11 is 1.69. The Bertz CT molecular complexity index is 479. The Morgan fingerprint density at radius 1 is 1.38 bits per heavy atom. The Labute approximate surface area is 99.8 Å². The number of aromatic nitrogens is 2. The van der Waals surface area contributed by atoms with Gasteiger partial charge in [0, 0.05) is 30.0 Å². The highest BCUT2D eigenvalue weighted by Gasteiger charge is 2.04. The third-order valence-electron chi connectivity index (χ3n) is 2.39. The van der Waals surface area contributed by atoms with Crippen molar-refractivity contribution in [1.29, 1.82) is 0 Å². The molecule has 0 aromatic carbocycles. The van der Waals surface area contributed by atoms with Gasteiger partial charge in [-0.2, -0.15) is 0 Å². The predicted octanol–water partition coefficient (Wildman–Crippen LogP) is 2.79. The van der Waals surface area contributed by atoms with Crippen LogP contribution in [0.3, 0.4) is 0 Å². The van der Waals surface area contributed by atoms with Crippen molar-refractivity contribution in [2.24, 2.45) is 0 Å². The van der Waals surface area contributed by atoms with E-state index in [1.807, 2.05) is 26.1 Å². The van der Waals surface area contributed by atoms with Crippen LogP contribution in [-0.2, 0) is 6.54 Å². The first kappa shape index (κ1) is 11.1. The smallest absolute Gasteiger partial charge is 0.0898 e. The van der Waals surface area contributed by atoms with Crippen molar-refractivity contribution < 1.29 is 0 Å². The van der Waals surface area contributed by atoms with Crippen molar-refractivity contribution in [3.8, 4) is 0 Å². The van der Waals surface area contributed by atoms with E-state index in [2.05, 4.69) is 33.4 Å². The normalized spacial score (nSPS) is 10.4. The summed E-state index contributed by atoms with van der Waals surface area (Å²) in [5, 5.41) is 3.23. The van der Waals surface area contributed by atoms with Crippen LogP contribution in [0.4, 0.5) is 5.69 Å².